The van der Waals surface area contributed by atoms with Gasteiger partial charge < -0.3 is 10.2 Å². The maximum atomic E-state index is 14.6. The van der Waals surface area contributed by atoms with Crippen molar-refractivity contribution in [3.05, 3.63) is 130 Å². The van der Waals surface area contributed by atoms with Crippen molar-refractivity contribution >= 4 is 39.1 Å². The van der Waals surface area contributed by atoms with E-state index in [1.54, 1.807) is 54.6 Å². The van der Waals surface area contributed by atoms with E-state index in [-0.39, 0.29) is 29.7 Å². The fourth-order valence-corrected chi connectivity index (χ4v) is 6.67. The molecule has 0 aromatic heterocycles. The van der Waals surface area contributed by atoms with Gasteiger partial charge in [-0.25, -0.2) is 8.42 Å². The van der Waals surface area contributed by atoms with Crippen LogP contribution >= 0.6 is 11.6 Å². The molecule has 4 aromatic carbocycles. The van der Waals surface area contributed by atoms with Crippen molar-refractivity contribution in [3.63, 3.8) is 0 Å². The van der Waals surface area contributed by atoms with Gasteiger partial charge in [0.1, 0.15) is 12.6 Å². The highest BCUT2D eigenvalue weighted by molar-refractivity contribution is 7.92. The Morgan fingerprint density at radius 3 is 2.11 bits per heavy atom. The van der Waals surface area contributed by atoms with Gasteiger partial charge in [-0.1, -0.05) is 91.7 Å². The second-order valence-corrected chi connectivity index (χ2v) is 14.4. The lowest BCUT2D eigenvalue weighted by Gasteiger charge is -2.34. The van der Waals surface area contributed by atoms with Crippen LogP contribution in [0, 0.1) is 26.7 Å². The molecule has 0 aliphatic carbocycles. The fourth-order valence-electron chi connectivity index (χ4n) is 5.06. The summed E-state index contributed by atoms with van der Waals surface area (Å²) in [4.78, 5) is 30.0. The molecule has 0 bridgehead atoms. The molecular formula is C37H42ClN3O4S. The van der Waals surface area contributed by atoms with Gasteiger partial charge in [0.05, 0.1) is 10.6 Å². The van der Waals surface area contributed by atoms with Gasteiger partial charge in [0, 0.05) is 24.5 Å². The zero-order chi connectivity index (χ0) is 33.4. The van der Waals surface area contributed by atoms with Crippen molar-refractivity contribution < 1.29 is 18.0 Å². The number of rotatable bonds is 13. The molecule has 0 aliphatic heterocycles. The number of hydrogen-bond acceptors (Lipinski definition) is 4. The lowest BCUT2D eigenvalue weighted by atomic mass is 10.0. The molecule has 4 rings (SSSR count). The number of halogens is 1. The van der Waals surface area contributed by atoms with Crippen LogP contribution in [0.4, 0.5) is 5.69 Å². The fraction of sp³-hybridized carbons (Fsp3) is 0.297. The van der Waals surface area contributed by atoms with Gasteiger partial charge in [-0.05, 0) is 85.3 Å². The summed E-state index contributed by atoms with van der Waals surface area (Å²) in [6, 6.07) is 27.5. The molecule has 4 aromatic rings. The highest BCUT2D eigenvalue weighted by Crippen LogP contribution is 2.27. The van der Waals surface area contributed by atoms with Crippen molar-refractivity contribution in [2.24, 2.45) is 5.92 Å². The molecule has 0 fully saturated rings. The maximum Gasteiger partial charge on any atom is 0.264 e. The molecule has 0 radical (unpaired) electrons. The Morgan fingerprint density at radius 2 is 1.48 bits per heavy atom. The molecule has 7 nitrogen and oxygen atoms in total. The van der Waals surface area contributed by atoms with E-state index in [0.717, 1.165) is 32.1 Å². The second kappa shape index (κ2) is 15.4. The van der Waals surface area contributed by atoms with Crippen molar-refractivity contribution in [1.82, 2.24) is 10.2 Å². The van der Waals surface area contributed by atoms with Crippen LogP contribution in [0.3, 0.4) is 0 Å². The van der Waals surface area contributed by atoms with Gasteiger partial charge in [0.25, 0.3) is 10.0 Å². The van der Waals surface area contributed by atoms with Crippen LogP contribution in [0.1, 0.15) is 41.7 Å². The predicted molar refractivity (Wildman–Crippen MR) is 185 cm³/mol. The average Bonchev–Trinajstić information content (AvgIpc) is 3.02. The minimum absolute atomic E-state index is 0.0529. The summed E-state index contributed by atoms with van der Waals surface area (Å²) in [7, 11) is -4.17. The first-order chi connectivity index (χ1) is 21.8. The Hall–Kier alpha value is -4.14. The van der Waals surface area contributed by atoms with E-state index in [4.69, 9.17) is 11.6 Å². The third kappa shape index (κ3) is 8.98. The minimum Gasteiger partial charge on any atom is -0.354 e. The lowest BCUT2D eigenvalue weighted by molar-refractivity contribution is -0.140. The summed E-state index contributed by atoms with van der Waals surface area (Å²) in [5.41, 5.74) is 4.75. The van der Waals surface area contributed by atoms with E-state index in [0.29, 0.717) is 17.3 Å². The topological polar surface area (TPSA) is 86.8 Å². The monoisotopic (exact) mass is 659 g/mol. The van der Waals surface area contributed by atoms with Gasteiger partial charge in [-0.3, -0.25) is 13.9 Å². The zero-order valence-electron chi connectivity index (χ0n) is 27.0. The van der Waals surface area contributed by atoms with E-state index in [2.05, 4.69) is 5.32 Å². The van der Waals surface area contributed by atoms with Crippen LogP contribution in [-0.4, -0.2) is 44.3 Å². The minimum atomic E-state index is -4.17. The molecule has 0 heterocycles. The number of hydrogen-bond donors (Lipinski definition) is 1. The molecule has 2 amide bonds. The summed E-state index contributed by atoms with van der Waals surface area (Å²) < 4.78 is 29.6. The predicted octanol–water partition coefficient (Wildman–Crippen LogP) is 6.87. The van der Waals surface area contributed by atoms with Crippen molar-refractivity contribution in [2.45, 2.75) is 58.5 Å². The van der Waals surface area contributed by atoms with Gasteiger partial charge in [-0.2, -0.15) is 0 Å². The molecule has 0 saturated carbocycles. The Morgan fingerprint density at radius 1 is 0.804 bits per heavy atom. The summed E-state index contributed by atoms with van der Waals surface area (Å²) in [6.45, 7) is 9.69. The number of amides is 2. The molecule has 0 aliphatic rings. The van der Waals surface area contributed by atoms with Crippen LogP contribution in [0.25, 0.3) is 0 Å². The van der Waals surface area contributed by atoms with Gasteiger partial charge in [0.2, 0.25) is 11.8 Å². The summed E-state index contributed by atoms with van der Waals surface area (Å²) in [5.74, 6) is -0.639. The number of nitrogens with one attached hydrogen (secondary N) is 1. The standard InChI is InChI=1S/C37H42ClN3O4S/c1-26(2)23-39-37(43)35(22-30-10-7-6-8-11-30)40(24-31-12-9-13-32(38)21-31)36(42)25-41(33-17-16-28(4)29(5)20-33)46(44,45)34-18-14-27(3)15-19-34/h6-21,26,35H,22-25H2,1-5H3,(H,39,43). The summed E-state index contributed by atoms with van der Waals surface area (Å²) in [6.07, 6.45) is 0.241. The SMILES string of the molecule is Cc1ccc(S(=O)(=O)N(CC(=O)N(Cc2cccc(Cl)c2)C(Cc2ccccc2)C(=O)NCC(C)C)c2ccc(C)c(C)c2)cc1. The quantitative estimate of drug-likeness (QED) is 0.170. The van der Waals surface area contributed by atoms with Gasteiger partial charge in [0.15, 0.2) is 0 Å². The number of carbonyl (C=O) groups is 2. The van der Waals surface area contributed by atoms with Crippen molar-refractivity contribution in [3.8, 4) is 0 Å². The van der Waals surface area contributed by atoms with Gasteiger partial charge in [-0.15, -0.1) is 0 Å². The normalized spacial score (nSPS) is 12.1. The van der Waals surface area contributed by atoms with E-state index in [1.165, 1.54) is 4.90 Å². The van der Waals surface area contributed by atoms with Crippen LogP contribution < -0.4 is 9.62 Å². The van der Waals surface area contributed by atoms with Crippen LogP contribution in [0.5, 0.6) is 0 Å². The smallest absolute Gasteiger partial charge is 0.264 e. The first kappa shape index (κ1) is 34.7. The van der Waals surface area contributed by atoms with Crippen LogP contribution in [0.15, 0.2) is 102 Å². The third-order valence-corrected chi connectivity index (χ3v) is 9.89. The van der Waals surface area contributed by atoms with E-state index < -0.39 is 28.5 Å². The molecule has 9 heteroatoms. The highest BCUT2D eigenvalue weighted by atomic mass is 35.5. The Balaban J connectivity index is 1.82. The Kier molecular flexibility index (Phi) is 11.7. The average molecular weight is 660 g/mol. The number of anilines is 1. The van der Waals surface area contributed by atoms with E-state index >= 15 is 0 Å². The van der Waals surface area contributed by atoms with Crippen LogP contribution in [0.2, 0.25) is 5.02 Å². The molecule has 1 unspecified atom stereocenters. The first-order valence-electron chi connectivity index (χ1n) is 15.4. The third-order valence-electron chi connectivity index (χ3n) is 7.86. The largest absolute Gasteiger partial charge is 0.354 e. The number of nitrogens with zero attached hydrogens (tertiary/aromatic N) is 2. The summed E-state index contributed by atoms with van der Waals surface area (Å²) in [5, 5.41) is 3.50. The van der Waals surface area contributed by atoms with Gasteiger partial charge >= 0.3 is 0 Å². The number of carbonyl (C=O) groups excluding carboxylic acids is 2. The molecule has 0 saturated heterocycles. The Labute approximate surface area is 278 Å². The molecule has 1 atom stereocenters. The van der Waals surface area contributed by atoms with E-state index in [9.17, 15) is 18.0 Å². The van der Waals surface area contributed by atoms with E-state index in [1.807, 2.05) is 77.1 Å². The first-order valence-corrected chi connectivity index (χ1v) is 17.2. The van der Waals surface area contributed by atoms with Crippen molar-refractivity contribution in [2.75, 3.05) is 17.4 Å². The molecule has 46 heavy (non-hydrogen) atoms. The zero-order valence-corrected chi connectivity index (χ0v) is 28.6. The second-order valence-electron chi connectivity index (χ2n) is 12.1. The summed E-state index contributed by atoms with van der Waals surface area (Å²) >= 11 is 6.32. The Bertz CT molecular complexity index is 1760. The molecule has 0 spiro atoms. The number of benzene rings is 4. The lowest BCUT2D eigenvalue weighted by Crippen LogP contribution is -2.53. The highest BCUT2D eigenvalue weighted by Gasteiger charge is 2.34. The molecular weight excluding hydrogens is 618 g/mol. The molecule has 242 valence electrons. The number of aryl methyl sites for hydroxylation is 3. The maximum absolute atomic E-state index is 14.6. The molecule has 1 N–H and O–H groups in total. The van der Waals surface area contributed by atoms with Crippen LogP contribution in [-0.2, 0) is 32.6 Å². The van der Waals surface area contributed by atoms with Crippen molar-refractivity contribution in [1.29, 1.82) is 0 Å². The number of sulfonamides is 1.